The van der Waals surface area contributed by atoms with Gasteiger partial charge in [0.15, 0.2) is 17.5 Å². The van der Waals surface area contributed by atoms with E-state index in [2.05, 4.69) is 10.3 Å². The maximum absolute atomic E-state index is 13.4. The fraction of sp³-hybridized carbons (Fsp3) is 0.188. The number of nitrogens with two attached hydrogens (primary N) is 1. The molecule has 1 atom stereocenters. The molecule has 3 N–H and O–H groups in total. The maximum atomic E-state index is 13.4. The topological polar surface area (TPSA) is 59.6 Å². The van der Waals surface area contributed by atoms with Gasteiger partial charge in [-0.05, 0) is 31.2 Å². The highest BCUT2D eigenvalue weighted by atomic mass is 127. The van der Waals surface area contributed by atoms with Crippen molar-refractivity contribution in [3.8, 4) is 5.75 Å². The summed E-state index contributed by atoms with van der Waals surface area (Å²) in [7, 11) is 0. The Balaban J connectivity index is 0.00000242. The van der Waals surface area contributed by atoms with Crippen LogP contribution in [0, 0.1) is 5.82 Å². The van der Waals surface area contributed by atoms with E-state index in [-0.39, 0.29) is 41.6 Å². The molecule has 4 nitrogen and oxygen atoms in total. The van der Waals surface area contributed by atoms with Crippen molar-refractivity contribution in [3.05, 3.63) is 60.4 Å². The molecule has 6 heteroatoms. The summed E-state index contributed by atoms with van der Waals surface area (Å²) < 4.78 is 18.9. The van der Waals surface area contributed by atoms with E-state index >= 15 is 0 Å². The van der Waals surface area contributed by atoms with Gasteiger partial charge in [-0.25, -0.2) is 9.38 Å². The zero-order valence-electron chi connectivity index (χ0n) is 12.2. The van der Waals surface area contributed by atoms with E-state index in [1.54, 1.807) is 18.2 Å². The molecule has 1 unspecified atom stereocenters. The van der Waals surface area contributed by atoms with Crippen LogP contribution in [-0.2, 0) is 0 Å². The second-order valence-corrected chi connectivity index (χ2v) is 4.58. The van der Waals surface area contributed by atoms with Crippen molar-refractivity contribution < 1.29 is 9.13 Å². The van der Waals surface area contributed by atoms with Gasteiger partial charge in [-0.15, -0.1) is 24.0 Å². The number of para-hydroxylation sites is 2. The predicted octanol–water partition coefficient (Wildman–Crippen LogP) is 3.64. The number of nitrogens with zero attached hydrogens (tertiary/aromatic N) is 1. The minimum atomic E-state index is -0.385. The smallest absolute Gasteiger partial charge is 0.193 e. The van der Waals surface area contributed by atoms with Crippen LogP contribution in [0.15, 0.2) is 59.6 Å². The minimum absolute atomic E-state index is 0. The molecule has 0 radical (unpaired) electrons. The number of anilines is 1. The van der Waals surface area contributed by atoms with Gasteiger partial charge in [0.25, 0.3) is 0 Å². The molecule has 118 valence electrons. The van der Waals surface area contributed by atoms with Crippen molar-refractivity contribution in [1.29, 1.82) is 0 Å². The van der Waals surface area contributed by atoms with E-state index in [1.807, 2.05) is 37.3 Å². The Morgan fingerprint density at radius 3 is 2.50 bits per heavy atom. The van der Waals surface area contributed by atoms with Gasteiger partial charge in [0.05, 0.1) is 6.54 Å². The average molecular weight is 415 g/mol. The van der Waals surface area contributed by atoms with Crippen LogP contribution in [0.5, 0.6) is 5.75 Å². The summed E-state index contributed by atoms with van der Waals surface area (Å²) in [5, 5.41) is 2.97. The van der Waals surface area contributed by atoms with Gasteiger partial charge in [0, 0.05) is 5.69 Å². The highest BCUT2D eigenvalue weighted by Crippen LogP contribution is 2.17. The third kappa shape index (κ3) is 5.88. The van der Waals surface area contributed by atoms with E-state index in [1.165, 1.54) is 6.07 Å². The zero-order chi connectivity index (χ0) is 15.1. The van der Waals surface area contributed by atoms with Gasteiger partial charge in [0.1, 0.15) is 6.10 Å². The van der Waals surface area contributed by atoms with Crippen LogP contribution in [0.25, 0.3) is 0 Å². The molecule has 0 aliphatic rings. The molecule has 2 aromatic carbocycles. The summed E-state index contributed by atoms with van der Waals surface area (Å²) in [4.78, 5) is 4.18. The Morgan fingerprint density at radius 2 is 1.82 bits per heavy atom. The van der Waals surface area contributed by atoms with Gasteiger partial charge in [-0.1, -0.05) is 30.3 Å². The lowest BCUT2D eigenvalue weighted by atomic mass is 10.3. The number of benzene rings is 2. The number of aliphatic imine (C=N–C) groups is 1. The second-order valence-electron chi connectivity index (χ2n) is 4.58. The second kappa shape index (κ2) is 9.24. The molecule has 0 fully saturated rings. The van der Waals surface area contributed by atoms with Gasteiger partial charge in [-0.2, -0.15) is 0 Å². The lowest BCUT2D eigenvalue weighted by Gasteiger charge is -2.13. The van der Waals surface area contributed by atoms with Crippen molar-refractivity contribution >= 4 is 35.6 Å². The van der Waals surface area contributed by atoms with Gasteiger partial charge in [0.2, 0.25) is 0 Å². The normalized spacial score (nSPS) is 12.2. The predicted molar refractivity (Wildman–Crippen MR) is 98.5 cm³/mol. The molecular weight excluding hydrogens is 396 g/mol. The highest BCUT2D eigenvalue weighted by Gasteiger charge is 2.07. The van der Waals surface area contributed by atoms with Crippen molar-refractivity contribution in [2.45, 2.75) is 13.0 Å². The van der Waals surface area contributed by atoms with E-state index in [0.717, 1.165) is 5.69 Å². The summed E-state index contributed by atoms with van der Waals surface area (Å²) in [6, 6.07) is 15.8. The van der Waals surface area contributed by atoms with Gasteiger partial charge in [-0.3, -0.25) is 0 Å². The molecule has 2 rings (SSSR count). The third-order valence-corrected chi connectivity index (χ3v) is 2.73. The number of rotatable bonds is 5. The summed E-state index contributed by atoms with van der Waals surface area (Å²) in [5.74, 6) is 0.128. The quantitative estimate of drug-likeness (QED) is 0.446. The molecule has 0 aromatic heterocycles. The molecule has 2 aromatic rings. The Hall–Kier alpha value is -1.83. The first kappa shape index (κ1) is 18.2. The molecule has 0 bridgehead atoms. The van der Waals surface area contributed by atoms with Crippen molar-refractivity contribution in [2.24, 2.45) is 10.7 Å². The number of halogens is 2. The summed E-state index contributed by atoms with van der Waals surface area (Å²) in [6.07, 6.45) is -0.280. The standard InChI is InChI=1S/C16H18FN3O.HI/c1-12(21-15-10-6-5-9-14(15)17)11-19-16(18)20-13-7-3-2-4-8-13;/h2-10,12H,11H2,1H3,(H3,18,19,20);1H. The lowest BCUT2D eigenvalue weighted by Crippen LogP contribution is -2.25. The van der Waals surface area contributed by atoms with Crippen LogP contribution in [-0.4, -0.2) is 18.6 Å². The van der Waals surface area contributed by atoms with E-state index in [4.69, 9.17) is 10.5 Å². The summed E-state index contributed by atoms with van der Waals surface area (Å²) in [6.45, 7) is 2.14. The number of ether oxygens (including phenoxy) is 1. The monoisotopic (exact) mass is 415 g/mol. The van der Waals surface area contributed by atoms with Crippen molar-refractivity contribution in [3.63, 3.8) is 0 Å². The molecule has 0 aliphatic carbocycles. The van der Waals surface area contributed by atoms with Crippen LogP contribution in [0.3, 0.4) is 0 Å². The van der Waals surface area contributed by atoms with E-state index in [0.29, 0.717) is 12.5 Å². The van der Waals surface area contributed by atoms with Crippen LogP contribution < -0.4 is 15.8 Å². The molecule has 0 amide bonds. The van der Waals surface area contributed by atoms with Crippen molar-refractivity contribution in [2.75, 3.05) is 11.9 Å². The van der Waals surface area contributed by atoms with Crippen LogP contribution >= 0.6 is 24.0 Å². The molecular formula is C16H19FIN3O. The number of guanidine groups is 1. The largest absolute Gasteiger partial charge is 0.486 e. The molecule has 0 aliphatic heterocycles. The van der Waals surface area contributed by atoms with Gasteiger partial charge >= 0.3 is 0 Å². The molecule has 0 saturated heterocycles. The molecule has 0 heterocycles. The number of hydrogen-bond acceptors (Lipinski definition) is 2. The molecule has 0 saturated carbocycles. The zero-order valence-corrected chi connectivity index (χ0v) is 14.5. The number of nitrogens with one attached hydrogen (secondary N) is 1. The fourth-order valence-electron chi connectivity index (χ4n) is 1.73. The Morgan fingerprint density at radius 1 is 1.18 bits per heavy atom. The maximum Gasteiger partial charge on any atom is 0.193 e. The van der Waals surface area contributed by atoms with Gasteiger partial charge < -0.3 is 15.8 Å². The third-order valence-electron chi connectivity index (χ3n) is 2.73. The van der Waals surface area contributed by atoms with Crippen LogP contribution in [0.4, 0.5) is 10.1 Å². The van der Waals surface area contributed by atoms with Crippen LogP contribution in [0.2, 0.25) is 0 Å². The Bertz CT molecular complexity index is 607. The first-order valence-corrected chi connectivity index (χ1v) is 6.68. The summed E-state index contributed by atoms with van der Waals surface area (Å²) >= 11 is 0. The van der Waals surface area contributed by atoms with Crippen LogP contribution in [0.1, 0.15) is 6.92 Å². The fourth-order valence-corrected chi connectivity index (χ4v) is 1.73. The number of hydrogen-bond donors (Lipinski definition) is 2. The average Bonchev–Trinajstić information content (AvgIpc) is 2.49. The SMILES string of the molecule is CC(CN=C(N)Nc1ccccc1)Oc1ccccc1F.I. The highest BCUT2D eigenvalue weighted by molar-refractivity contribution is 14.0. The minimum Gasteiger partial charge on any atom is -0.486 e. The summed E-state index contributed by atoms with van der Waals surface area (Å²) in [5.41, 5.74) is 6.65. The van der Waals surface area contributed by atoms with Crippen molar-refractivity contribution in [1.82, 2.24) is 0 Å². The Labute approximate surface area is 146 Å². The lowest BCUT2D eigenvalue weighted by molar-refractivity contribution is 0.220. The first-order chi connectivity index (χ1) is 10.1. The van der Waals surface area contributed by atoms with E-state index in [9.17, 15) is 4.39 Å². The first-order valence-electron chi connectivity index (χ1n) is 6.68. The molecule has 22 heavy (non-hydrogen) atoms. The Kier molecular flexibility index (Phi) is 7.65. The van der Waals surface area contributed by atoms with E-state index < -0.39 is 0 Å². The molecule has 0 spiro atoms.